The second-order valence-corrected chi connectivity index (χ2v) is 5.41. The van der Waals surface area contributed by atoms with E-state index in [1.807, 2.05) is 12.1 Å². The molecule has 2 unspecified atom stereocenters. The summed E-state index contributed by atoms with van der Waals surface area (Å²) < 4.78 is 5.53. The quantitative estimate of drug-likeness (QED) is 0.835. The first-order valence-corrected chi connectivity index (χ1v) is 6.81. The number of nitrogens with two attached hydrogens (primary N) is 1. The van der Waals surface area contributed by atoms with Crippen molar-refractivity contribution in [2.24, 2.45) is 11.7 Å². The van der Waals surface area contributed by atoms with Crippen LogP contribution in [0.25, 0.3) is 0 Å². The zero-order chi connectivity index (χ0) is 13.1. The van der Waals surface area contributed by atoms with E-state index in [1.165, 1.54) is 0 Å². The Hall–Kier alpha value is -0.840. The fourth-order valence-electron chi connectivity index (χ4n) is 2.10. The highest BCUT2D eigenvalue weighted by Crippen LogP contribution is 2.25. The fraction of sp³-hybridized carbons (Fsp3) is 0.462. The summed E-state index contributed by atoms with van der Waals surface area (Å²) in [5.41, 5.74) is 7.26. The molecule has 0 bridgehead atoms. The van der Waals surface area contributed by atoms with Crippen molar-refractivity contribution < 1.29 is 4.74 Å². The summed E-state index contributed by atoms with van der Waals surface area (Å²) >= 11 is 11.1. The molecule has 3 N–H and O–H groups in total. The third kappa shape index (κ3) is 3.13. The predicted molar refractivity (Wildman–Crippen MR) is 79.4 cm³/mol. The van der Waals surface area contributed by atoms with Gasteiger partial charge in [0.25, 0.3) is 0 Å². The minimum atomic E-state index is 0.312. The van der Waals surface area contributed by atoms with Gasteiger partial charge >= 0.3 is 0 Å². The van der Waals surface area contributed by atoms with Crippen LogP contribution in [-0.2, 0) is 4.74 Å². The van der Waals surface area contributed by atoms with Crippen molar-refractivity contribution in [3.8, 4) is 0 Å². The van der Waals surface area contributed by atoms with Crippen molar-refractivity contribution in [1.29, 1.82) is 0 Å². The average Bonchev–Trinajstić information content (AvgIpc) is 2.73. The number of benzene rings is 1. The summed E-state index contributed by atoms with van der Waals surface area (Å²) in [6.07, 6.45) is 1.41. The molecular weight excluding hydrogens is 268 g/mol. The highest BCUT2D eigenvalue weighted by molar-refractivity contribution is 7.80. The smallest absolute Gasteiger partial charge is 0.104 e. The van der Waals surface area contributed by atoms with Crippen LogP contribution in [0.4, 0.5) is 5.69 Å². The molecule has 0 amide bonds. The molecule has 1 aliphatic rings. The lowest BCUT2D eigenvalue weighted by Crippen LogP contribution is -2.21. The molecule has 3 nitrogen and oxygen atoms in total. The number of hydrogen-bond donors (Lipinski definition) is 2. The second kappa shape index (κ2) is 5.87. The molecular formula is C13H17ClN2OS. The van der Waals surface area contributed by atoms with Gasteiger partial charge in [0.1, 0.15) is 4.99 Å². The first kappa shape index (κ1) is 13.6. The number of halogens is 1. The highest BCUT2D eigenvalue weighted by Gasteiger charge is 2.23. The summed E-state index contributed by atoms with van der Waals surface area (Å²) in [6, 6.07) is 5.59. The molecule has 0 spiro atoms. The van der Waals surface area contributed by atoms with E-state index in [0.29, 0.717) is 22.0 Å². The molecule has 1 aliphatic heterocycles. The Bertz CT molecular complexity index is 453. The molecule has 98 valence electrons. The van der Waals surface area contributed by atoms with Crippen molar-refractivity contribution in [1.82, 2.24) is 0 Å². The van der Waals surface area contributed by atoms with E-state index < -0.39 is 0 Å². The molecule has 0 aromatic heterocycles. The summed E-state index contributed by atoms with van der Waals surface area (Å²) in [5.74, 6) is 0.538. The maximum Gasteiger partial charge on any atom is 0.104 e. The van der Waals surface area contributed by atoms with Crippen LogP contribution in [0.2, 0.25) is 5.02 Å². The number of thiocarbonyl (C=S) groups is 1. The summed E-state index contributed by atoms with van der Waals surface area (Å²) in [7, 11) is 0. The first-order chi connectivity index (χ1) is 8.58. The van der Waals surface area contributed by atoms with Gasteiger partial charge < -0.3 is 15.8 Å². The van der Waals surface area contributed by atoms with Crippen molar-refractivity contribution in [3.05, 3.63) is 28.8 Å². The van der Waals surface area contributed by atoms with Crippen LogP contribution in [0.5, 0.6) is 0 Å². The molecule has 0 aliphatic carbocycles. The van der Waals surface area contributed by atoms with E-state index >= 15 is 0 Å². The van der Waals surface area contributed by atoms with Crippen molar-refractivity contribution in [2.45, 2.75) is 19.4 Å². The van der Waals surface area contributed by atoms with Gasteiger partial charge in [-0.3, -0.25) is 0 Å². The maximum absolute atomic E-state index is 6.19. The third-order valence-electron chi connectivity index (χ3n) is 3.34. The molecule has 18 heavy (non-hydrogen) atoms. The van der Waals surface area contributed by atoms with Crippen LogP contribution in [0.1, 0.15) is 18.9 Å². The summed E-state index contributed by atoms with van der Waals surface area (Å²) in [6.45, 7) is 3.83. The van der Waals surface area contributed by atoms with Crippen LogP contribution < -0.4 is 11.1 Å². The minimum Gasteiger partial charge on any atom is -0.389 e. The largest absolute Gasteiger partial charge is 0.389 e. The normalized spacial score (nSPS) is 23.0. The van der Waals surface area contributed by atoms with Gasteiger partial charge in [-0.2, -0.15) is 0 Å². The minimum absolute atomic E-state index is 0.312. The second-order valence-electron chi connectivity index (χ2n) is 4.56. The number of anilines is 1. The van der Waals surface area contributed by atoms with E-state index in [-0.39, 0.29) is 0 Å². The molecule has 1 saturated heterocycles. The van der Waals surface area contributed by atoms with E-state index in [0.717, 1.165) is 30.8 Å². The van der Waals surface area contributed by atoms with Gasteiger partial charge in [0.15, 0.2) is 0 Å². The molecule has 1 fully saturated rings. The molecule has 1 heterocycles. The van der Waals surface area contributed by atoms with E-state index in [1.54, 1.807) is 6.07 Å². The lowest BCUT2D eigenvalue weighted by atomic mass is 10.0. The Kier molecular flexibility index (Phi) is 4.43. The average molecular weight is 285 g/mol. The molecule has 0 radical (unpaired) electrons. The first-order valence-electron chi connectivity index (χ1n) is 6.02. The molecule has 1 aromatic carbocycles. The Labute approximate surface area is 118 Å². The van der Waals surface area contributed by atoms with Crippen LogP contribution in [-0.4, -0.2) is 24.2 Å². The van der Waals surface area contributed by atoms with Gasteiger partial charge in [-0.1, -0.05) is 23.8 Å². The third-order valence-corrected chi connectivity index (χ3v) is 3.89. The molecule has 5 heteroatoms. The summed E-state index contributed by atoms with van der Waals surface area (Å²) in [4.78, 5) is 0.362. The van der Waals surface area contributed by atoms with E-state index in [2.05, 4.69) is 12.2 Å². The summed E-state index contributed by atoms with van der Waals surface area (Å²) in [5, 5.41) is 4.00. The van der Waals surface area contributed by atoms with Crippen LogP contribution in [0.3, 0.4) is 0 Å². The zero-order valence-electron chi connectivity index (χ0n) is 10.3. The lowest BCUT2D eigenvalue weighted by Gasteiger charge is -2.16. The zero-order valence-corrected chi connectivity index (χ0v) is 11.9. The van der Waals surface area contributed by atoms with Crippen molar-refractivity contribution in [3.63, 3.8) is 0 Å². The van der Waals surface area contributed by atoms with Crippen molar-refractivity contribution >= 4 is 34.5 Å². The molecule has 2 atom stereocenters. The van der Waals surface area contributed by atoms with E-state index in [4.69, 9.17) is 34.3 Å². The predicted octanol–water partition coefficient (Wildman–Crippen LogP) is 2.81. The van der Waals surface area contributed by atoms with Crippen LogP contribution in [0, 0.1) is 5.92 Å². The van der Waals surface area contributed by atoms with Crippen LogP contribution in [0.15, 0.2) is 18.2 Å². The molecule has 2 rings (SSSR count). The lowest BCUT2D eigenvalue weighted by molar-refractivity contribution is 0.108. The molecule has 0 saturated carbocycles. The van der Waals surface area contributed by atoms with E-state index in [9.17, 15) is 0 Å². The number of hydrogen-bond acceptors (Lipinski definition) is 3. The Morgan fingerprint density at radius 1 is 1.61 bits per heavy atom. The fourth-order valence-corrected chi connectivity index (χ4v) is 2.47. The Balaban J connectivity index is 1.99. The van der Waals surface area contributed by atoms with Gasteiger partial charge in [0, 0.05) is 24.6 Å². The van der Waals surface area contributed by atoms with Gasteiger partial charge in [-0.25, -0.2) is 0 Å². The highest BCUT2D eigenvalue weighted by atomic mass is 35.5. The molecule has 1 aromatic rings. The Morgan fingerprint density at radius 2 is 2.39 bits per heavy atom. The Morgan fingerprint density at radius 3 is 2.94 bits per heavy atom. The van der Waals surface area contributed by atoms with Crippen molar-refractivity contribution in [2.75, 3.05) is 18.5 Å². The maximum atomic E-state index is 6.19. The number of rotatable bonds is 4. The number of nitrogens with one attached hydrogen (secondary N) is 1. The van der Waals surface area contributed by atoms with Gasteiger partial charge in [-0.15, -0.1) is 0 Å². The van der Waals surface area contributed by atoms with Crippen LogP contribution >= 0.6 is 23.8 Å². The topological polar surface area (TPSA) is 47.3 Å². The monoisotopic (exact) mass is 284 g/mol. The van der Waals surface area contributed by atoms with Gasteiger partial charge in [0.2, 0.25) is 0 Å². The standard InChI is InChI=1S/C13H17ClN2OS/c1-8-10(4-5-17-8)7-16-12-3-2-9(13(15)18)6-11(12)14/h2-3,6,8,10,16H,4-5,7H2,1H3,(H2,15,18). The number of ether oxygens (including phenoxy) is 1. The van der Waals surface area contributed by atoms with Gasteiger partial charge in [-0.05, 0) is 31.5 Å². The van der Waals surface area contributed by atoms with Gasteiger partial charge in [0.05, 0.1) is 16.8 Å². The SMILES string of the molecule is CC1OCCC1CNc1ccc(C(N)=S)cc1Cl.